The summed E-state index contributed by atoms with van der Waals surface area (Å²) in [5.41, 5.74) is 0.987. The van der Waals surface area contributed by atoms with Crippen LogP contribution >= 0.6 is 0 Å². The van der Waals surface area contributed by atoms with Gasteiger partial charge in [-0.1, -0.05) is 18.2 Å². The summed E-state index contributed by atoms with van der Waals surface area (Å²) in [6.45, 7) is 0.516. The Kier molecular flexibility index (Phi) is 6.41. The molecule has 0 atom stereocenters. The van der Waals surface area contributed by atoms with Crippen molar-refractivity contribution in [2.75, 3.05) is 17.9 Å². The SMILES string of the molecule is O=C(O)c1ccc(OCCOc2ccc(NS(=O)(=O)c3cccc4cccnc34)cc2)cc1. The molecular weight excluding hydrogens is 444 g/mol. The van der Waals surface area contributed by atoms with Crippen LogP contribution in [0.5, 0.6) is 11.5 Å². The predicted octanol–water partition coefficient (Wildman–Crippen LogP) is 4.19. The summed E-state index contributed by atoms with van der Waals surface area (Å²) in [6, 6.07) is 21.2. The van der Waals surface area contributed by atoms with Crippen molar-refractivity contribution >= 4 is 32.6 Å². The Morgan fingerprint density at radius 1 is 0.848 bits per heavy atom. The van der Waals surface area contributed by atoms with E-state index in [4.69, 9.17) is 14.6 Å². The summed E-state index contributed by atoms with van der Waals surface area (Å²) in [7, 11) is -3.82. The molecule has 9 heteroatoms. The molecule has 0 bridgehead atoms. The van der Waals surface area contributed by atoms with Crippen molar-refractivity contribution in [3.63, 3.8) is 0 Å². The quantitative estimate of drug-likeness (QED) is 0.357. The molecule has 33 heavy (non-hydrogen) atoms. The lowest BCUT2D eigenvalue weighted by Crippen LogP contribution is -2.14. The second-order valence-corrected chi connectivity index (χ2v) is 8.64. The van der Waals surface area contributed by atoms with E-state index < -0.39 is 16.0 Å². The normalized spacial score (nSPS) is 11.2. The first-order valence-corrected chi connectivity index (χ1v) is 11.5. The number of pyridine rings is 1. The molecule has 0 saturated carbocycles. The minimum atomic E-state index is -3.82. The highest BCUT2D eigenvalue weighted by molar-refractivity contribution is 7.93. The van der Waals surface area contributed by atoms with Gasteiger partial charge < -0.3 is 14.6 Å². The molecule has 2 N–H and O–H groups in total. The number of aromatic nitrogens is 1. The highest BCUT2D eigenvalue weighted by Gasteiger charge is 2.18. The van der Waals surface area contributed by atoms with E-state index in [2.05, 4.69) is 9.71 Å². The average molecular weight is 464 g/mol. The molecule has 1 heterocycles. The number of nitrogens with one attached hydrogen (secondary N) is 1. The summed E-state index contributed by atoms with van der Waals surface area (Å²) in [4.78, 5) is 15.2. The molecule has 0 saturated heterocycles. The Bertz CT molecular complexity index is 1370. The molecule has 0 unspecified atom stereocenters. The van der Waals surface area contributed by atoms with E-state index in [-0.39, 0.29) is 23.7 Å². The van der Waals surface area contributed by atoms with Crippen molar-refractivity contribution in [3.05, 3.63) is 90.6 Å². The third-order valence-electron chi connectivity index (χ3n) is 4.71. The number of fused-ring (bicyclic) bond motifs is 1. The van der Waals surface area contributed by atoms with Crippen LogP contribution in [0.25, 0.3) is 10.9 Å². The first-order chi connectivity index (χ1) is 15.9. The Labute approximate surface area is 190 Å². The number of ether oxygens (including phenoxy) is 2. The molecule has 8 nitrogen and oxygen atoms in total. The average Bonchev–Trinajstić information content (AvgIpc) is 2.82. The smallest absolute Gasteiger partial charge is 0.335 e. The van der Waals surface area contributed by atoms with Gasteiger partial charge in [0.2, 0.25) is 0 Å². The van der Waals surface area contributed by atoms with E-state index in [0.717, 1.165) is 5.39 Å². The van der Waals surface area contributed by atoms with Crippen LogP contribution in [-0.4, -0.2) is 37.7 Å². The monoisotopic (exact) mass is 464 g/mol. The standard InChI is InChI=1S/C24H20N2O6S/c27-24(28)18-6-10-20(11-7-18)31-15-16-32-21-12-8-19(9-13-21)26-33(29,30)22-5-1-3-17-4-2-14-25-23(17)22/h1-14,26H,15-16H2,(H,27,28). The van der Waals surface area contributed by atoms with E-state index in [1.54, 1.807) is 54.7 Å². The van der Waals surface area contributed by atoms with Gasteiger partial charge >= 0.3 is 5.97 Å². The number of nitrogens with zero attached hydrogens (tertiary/aromatic N) is 1. The molecule has 0 radical (unpaired) electrons. The van der Waals surface area contributed by atoms with Crippen molar-refractivity contribution in [1.82, 2.24) is 4.98 Å². The molecule has 0 amide bonds. The zero-order valence-electron chi connectivity index (χ0n) is 17.3. The van der Waals surface area contributed by atoms with Crippen molar-refractivity contribution in [1.29, 1.82) is 0 Å². The molecular formula is C24H20N2O6S. The number of sulfonamides is 1. The number of hydrogen-bond acceptors (Lipinski definition) is 6. The van der Waals surface area contributed by atoms with Gasteiger partial charge in [-0.2, -0.15) is 0 Å². The second kappa shape index (κ2) is 9.58. The number of carboxylic acid groups (broad SMARTS) is 1. The molecule has 168 valence electrons. The topological polar surface area (TPSA) is 115 Å². The molecule has 4 aromatic rings. The molecule has 0 aliphatic heterocycles. The fourth-order valence-electron chi connectivity index (χ4n) is 3.14. The van der Waals surface area contributed by atoms with Crippen LogP contribution in [-0.2, 0) is 10.0 Å². The van der Waals surface area contributed by atoms with E-state index in [9.17, 15) is 13.2 Å². The Morgan fingerprint density at radius 3 is 2.09 bits per heavy atom. The highest BCUT2D eigenvalue weighted by atomic mass is 32.2. The number of aromatic carboxylic acids is 1. The zero-order chi connectivity index (χ0) is 23.3. The minimum Gasteiger partial charge on any atom is -0.490 e. The maximum absolute atomic E-state index is 12.9. The van der Waals surface area contributed by atoms with E-state index >= 15 is 0 Å². The fourth-order valence-corrected chi connectivity index (χ4v) is 4.37. The number of hydrogen-bond donors (Lipinski definition) is 2. The number of carboxylic acids is 1. The second-order valence-electron chi connectivity index (χ2n) is 6.99. The van der Waals surface area contributed by atoms with Crippen molar-refractivity contribution in [3.8, 4) is 11.5 Å². The van der Waals surface area contributed by atoms with E-state index in [0.29, 0.717) is 22.7 Å². The number of carbonyl (C=O) groups is 1. The molecule has 0 spiro atoms. The highest BCUT2D eigenvalue weighted by Crippen LogP contribution is 2.24. The van der Waals surface area contributed by atoms with Gasteiger partial charge in [-0.25, -0.2) is 13.2 Å². The molecule has 3 aromatic carbocycles. The Hall–Kier alpha value is -4.11. The van der Waals surface area contributed by atoms with Gasteiger partial charge in [0, 0.05) is 17.3 Å². The summed E-state index contributed by atoms with van der Waals surface area (Å²) in [5, 5.41) is 9.64. The van der Waals surface area contributed by atoms with Gasteiger partial charge in [-0.3, -0.25) is 9.71 Å². The molecule has 4 rings (SSSR count). The number of benzene rings is 3. The van der Waals surface area contributed by atoms with Crippen LogP contribution in [0.3, 0.4) is 0 Å². The lowest BCUT2D eigenvalue weighted by atomic mass is 10.2. The first kappa shape index (κ1) is 22.1. The van der Waals surface area contributed by atoms with Gasteiger partial charge in [0.25, 0.3) is 10.0 Å². The van der Waals surface area contributed by atoms with Crippen LogP contribution in [0.1, 0.15) is 10.4 Å². The van der Waals surface area contributed by atoms with Gasteiger partial charge in [0.05, 0.1) is 11.1 Å². The first-order valence-electron chi connectivity index (χ1n) is 9.98. The van der Waals surface area contributed by atoms with E-state index in [1.807, 2.05) is 12.1 Å². The molecule has 1 aromatic heterocycles. The van der Waals surface area contributed by atoms with Crippen LogP contribution in [0.15, 0.2) is 90.0 Å². The largest absolute Gasteiger partial charge is 0.490 e. The number of anilines is 1. The number of para-hydroxylation sites is 1. The molecule has 0 aliphatic carbocycles. The van der Waals surface area contributed by atoms with Crippen molar-refractivity contribution in [2.24, 2.45) is 0 Å². The maximum atomic E-state index is 12.9. The van der Waals surface area contributed by atoms with Gasteiger partial charge in [0.15, 0.2) is 0 Å². The van der Waals surface area contributed by atoms with Crippen molar-refractivity contribution < 1.29 is 27.8 Å². The maximum Gasteiger partial charge on any atom is 0.335 e. The minimum absolute atomic E-state index is 0.106. The van der Waals surface area contributed by atoms with Crippen molar-refractivity contribution in [2.45, 2.75) is 4.90 Å². The van der Waals surface area contributed by atoms with Gasteiger partial charge in [-0.05, 0) is 60.7 Å². The van der Waals surface area contributed by atoms with Crippen LogP contribution < -0.4 is 14.2 Å². The summed E-state index contributed by atoms with van der Waals surface area (Å²) >= 11 is 0. The number of rotatable bonds is 9. The summed E-state index contributed by atoms with van der Waals surface area (Å²) < 4.78 is 39.4. The third kappa shape index (κ3) is 5.39. The zero-order valence-corrected chi connectivity index (χ0v) is 18.2. The predicted molar refractivity (Wildman–Crippen MR) is 123 cm³/mol. The Morgan fingerprint density at radius 2 is 1.45 bits per heavy atom. The van der Waals surface area contributed by atoms with Crippen LogP contribution in [0.4, 0.5) is 5.69 Å². The molecule has 0 aliphatic rings. The lowest BCUT2D eigenvalue weighted by Gasteiger charge is -2.11. The summed E-state index contributed by atoms with van der Waals surface area (Å²) in [6.07, 6.45) is 1.56. The van der Waals surface area contributed by atoms with Crippen LogP contribution in [0, 0.1) is 0 Å². The summed E-state index contributed by atoms with van der Waals surface area (Å²) in [5.74, 6) is 0.0929. The fraction of sp³-hybridized carbons (Fsp3) is 0.0833. The lowest BCUT2D eigenvalue weighted by molar-refractivity contribution is 0.0697. The Balaban J connectivity index is 1.33. The van der Waals surface area contributed by atoms with Gasteiger partial charge in [-0.15, -0.1) is 0 Å². The van der Waals surface area contributed by atoms with E-state index in [1.165, 1.54) is 18.2 Å². The van der Waals surface area contributed by atoms with Crippen LogP contribution in [0.2, 0.25) is 0 Å². The third-order valence-corrected chi connectivity index (χ3v) is 6.13. The molecule has 0 fully saturated rings. The van der Waals surface area contributed by atoms with Gasteiger partial charge in [0.1, 0.15) is 29.6 Å².